The highest BCUT2D eigenvalue weighted by atomic mass is 35.5. The fourth-order valence-electron chi connectivity index (χ4n) is 2.79. The molecule has 3 aromatic rings. The molecule has 1 atom stereocenters. The van der Waals surface area contributed by atoms with Gasteiger partial charge in [-0.1, -0.05) is 41.0 Å². The molecule has 2 aromatic carbocycles. The summed E-state index contributed by atoms with van der Waals surface area (Å²) in [6.45, 7) is 1.73. The van der Waals surface area contributed by atoms with Gasteiger partial charge in [-0.05, 0) is 29.8 Å². The summed E-state index contributed by atoms with van der Waals surface area (Å²) in [6.07, 6.45) is -0.170. The molecule has 0 amide bonds. The van der Waals surface area contributed by atoms with E-state index in [4.69, 9.17) is 20.9 Å². The Bertz CT molecular complexity index is 869. The van der Waals surface area contributed by atoms with Gasteiger partial charge in [-0.15, -0.1) is 0 Å². The number of nitrogens with zero attached hydrogens (tertiary/aromatic N) is 3. The summed E-state index contributed by atoms with van der Waals surface area (Å²) in [5.74, 6) is 0.224. The van der Waals surface area contributed by atoms with E-state index in [1.54, 1.807) is 24.3 Å². The molecule has 0 bridgehead atoms. The van der Waals surface area contributed by atoms with Crippen LogP contribution >= 0.6 is 11.6 Å². The molecule has 0 radical (unpaired) electrons. The maximum absolute atomic E-state index is 13.1. The lowest BCUT2D eigenvalue weighted by Gasteiger charge is -2.31. The quantitative estimate of drug-likeness (QED) is 0.704. The van der Waals surface area contributed by atoms with Crippen LogP contribution in [0.1, 0.15) is 11.7 Å². The van der Waals surface area contributed by atoms with Crippen molar-refractivity contribution in [3.05, 3.63) is 64.9 Å². The van der Waals surface area contributed by atoms with E-state index in [-0.39, 0.29) is 11.9 Å². The first-order chi connectivity index (χ1) is 12.2. The van der Waals surface area contributed by atoms with Crippen LogP contribution in [-0.4, -0.2) is 29.8 Å². The van der Waals surface area contributed by atoms with Crippen molar-refractivity contribution >= 4 is 17.6 Å². The third kappa shape index (κ3) is 3.50. The van der Waals surface area contributed by atoms with Crippen molar-refractivity contribution in [2.45, 2.75) is 6.10 Å². The third-order valence-electron chi connectivity index (χ3n) is 4.08. The molecule has 25 heavy (non-hydrogen) atoms. The van der Waals surface area contributed by atoms with E-state index in [1.165, 1.54) is 12.1 Å². The first kappa shape index (κ1) is 16.1. The molecule has 5 nitrogen and oxygen atoms in total. The molecule has 0 aliphatic carbocycles. The van der Waals surface area contributed by atoms with Crippen molar-refractivity contribution in [3.8, 4) is 11.4 Å². The number of halogens is 2. The molecule has 2 heterocycles. The standard InChI is InChI=1S/C18H15ClFN3O2/c19-14-3-1-2-13(10-14)17-21-18(25-22-17)23-8-9-24-16(11-23)12-4-6-15(20)7-5-12/h1-7,10,16H,8-9,11H2. The molecule has 1 aliphatic rings. The Labute approximate surface area is 149 Å². The Hall–Kier alpha value is -2.44. The van der Waals surface area contributed by atoms with E-state index in [9.17, 15) is 4.39 Å². The van der Waals surface area contributed by atoms with Gasteiger partial charge in [0.15, 0.2) is 0 Å². The molecule has 1 unspecified atom stereocenters. The number of hydrogen-bond acceptors (Lipinski definition) is 5. The van der Waals surface area contributed by atoms with Crippen molar-refractivity contribution in [2.24, 2.45) is 0 Å². The maximum Gasteiger partial charge on any atom is 0.324 e. The number of hydrogen-bond donors (Lipinski definition) is 0. The summed E-state index contributed by atoms with van der Waals surface area (Å²) >= 11 is 6.01. The largest absolute Gasteiger partial charge is 0.370 e. The van der Waals surface area contributed by atoms with Crippen molar-refractivity contribution in [2.75, 3.05) is 24.6 Å². The van der Waals surface area contributed by atoms with Crippen molar-refractivity contribution in [3.63, 3.8) is 0 Å². The van der Waals surface area contributed by atoms with Crippen LogP contribution < -0.4 is 4.90 Å². The number of anilines is 1. The van der Waals surface area contributed by atoms with Gasteiger partial charge in [0.2, 0.25) is 5.82 Å². The lowest BCUT2D eigenvalue weighted by atomic mass is 10.1. The van der Waals surface area contributed by atoms with Crippen LogP contribution in [0.2, 0.25) is 5.02 Å². The Balaban J connectivity index is 1.53. The van der Waals surface area contributed by atoms with Gasteiger partial charge in [0.05, 0.1) is 13.2 Å². The topological polar surface area (TPSA) is 51.4 Å². The van der Waals surface area contributed by atoms with E-state index < -0.39 is 0 Å². The normalized spacial score (nSPS) is 17.7. The number of aromatic nitrogens is 2. The van der Waals surface area contributed by atoms with E-state index >= 15 is 0 Å². The zero-order chi connectivity index (χ0) is 17.2. The van der Waals surface area contributed by atoms with Crippen LogP contribution in [0.15, 0.2) is 53.1 Å². The molecule has 7 heteroatoms. The Morgan fingerprint density at radius 3 is 2.80 bits per heavy atom. The van der Waals surface area contributed by atoms with Crippen LogP contribution in [-0.2, 0) is 4.74 Å². The molecular weight excluding hydrogens is 345 g/mol. The van der Waals surface area contributed by atoms with Gasteiger partial charge < -0.3 is 14.2 Å². The summed E-state index contributed by atoms with van der Waals surface area (Å²) in [5, 5.41) is 4.65. The number of rotatable bonds is 3. The van der Waals surface area contributed by atoms with Crippen LogP contribution in [0.3, 0.4) is 0 Å². The summed E-state index contributed by atoms with van der Waals surface area (Å²) in [7, 11) is 0. The second-order valence-corrected chi connectivity index (χ2v) is 6.20. The molecule has 0 saturated carbocycles. The second kappa shape index (κ2) is 6.82. The summed E-state index contributed by atoms with van der Waals surface area (Å²) < 4.78 is 24.3. The van der Waals surface area contributed by atoms with Gasteiger partial charge in [-0.3, -0.25) is 0 Å². The van der Waals surface area contributed by atoms with E-state index in [0.717, 1.165) is 11.1 Å². The highest BCUT2D eigenvalue weighted by Crippen LogP contribution is 2.27. The summed E-state index contributed by atoms with van der Waals surface area (Å²) in [4.78, 5) is 6.43. The molecule has 1 aromatic heterocycles. The van der Waals surface area contributed by atoms with Gasteiger partial charge in [-0.2, -0.15) is 4.98 Å². The summed E-state index contributed by atoms with van der Waals surface area (Å²) in [6, 6.07) is 14.1. The predicted molar refractivity (Wildman–Crippen MR) is 92.1 cm³/mol. The molecule has 1 saturated heterocycles. The lowest BCUT2D eigenvalue weighted by Crippen LogP contribution is -2.38. The smallest absolute Gasteiger partial charge is 0.324 e. The first-order valence-corrected chi connectivity index (χ1v) is 8.28. The molecular formula is C18H15ClFN3O2. The van der Waals surface area contributed by atoms with Gasteiger partial charge >= 0.3 is 6.01 Å². The van der Waals surface area contributed by atoms with Gasteiger partial charge in [0.1, 0.15) is 11.9 Å². The number of benzene rings is 2. The first-order valence-electron chi connectivity index (χ1n) is 7.91. The molecule has 128 valence electrons. The molecule has 1 aliphatic heterocycles. The monoisotopic (exact) mass is 359 g/mol. The average molecular weight is 360 g/mol. The van der Waals surface area contributed by atoms with E-state index in [1.807, 2.05) is 17.0 Å². The summed E-state index contributed by atoms with van der Waals surface area (Å²) in [5.41, 5.74) is 1.71. The molecule has 1 fully saturated rings. The zero-order valence-corrected chi connectivity index (χ0v) is 14.0. The molecule has 0 spiro atoms. The van der Waals surface area contributed by atoms with Crippen LogP contribution in [0.25, 0.3) is 11.4 Å². The minimum absolute atomic E-state index is 0.170. The minimum atomic E-state index is -0.264. The average Bonchev–Trinajstić information content (AvgIpc) is 3.13. The Morgan fingerprint density at radius 1 is 1.16 bits per heavy atom. The van der Waals surface area contributed by atoms with E-state index in [2.05, 4.69) is 10.1 Å². The lowest BCUT2D eigenvalue weighted by molar-refractivity contribution is 0.0376. The van der Waals surface area contributed by atoms with E-state index in [0.29, 0.717) is 36.6 Å². The van der Waals surface area contributed by atoms with Crippen molar-refractivity contribution in [1.82, 2.24) is 10.1 Å². The number of ether oxygens (including phenoxy) is 1. The maximum atomic E-state index is 13.1. The van der Waals surface area contributed by atoms with Gasteiger partial charge in [-0.25, -0.2) is 4.39 Å². The zero-order valence-electron chi connectivity index (χ0n) is 13.2. The minimum Gasteiger partial charge on any atom is -0.370 e. The molecule has 0 N–H and O–H groups in total. The SMILES string of the molecule is Fc1ccc(C2CN(c3nc(-c4cccc(Cl)c4)no3)CCO2)cc1. The van der Waals surface area contributed by atoms with Crippen LogP contribution in [0.5, 0.6) is 0 Å². The fourth-order valence-corrected chi connectivity index (χ4v) is 2.98. The third-order valence-corrected chi connectivity index (χ3v) is 4.31. The Morgan fingerprint density at radius 2 is 2.00 bits per heavy atom. The van der Waals surface area contributed by atoms with Crippen LogP contribution in [0, 0.1) is 5.82 Å². The predicted octanol–water partition coefficient (Wildman–Crippen LogP) is 4.11. The highest BCUT2D eigenvalue weighted by Gasteiger charge is 2.26. The van der Waals surface area contributed by atoms with Gasteiger partial charge in [0.25, 0.3) is 0 Å². The number of morpholine rings is 1. The molecule has 4 rings (SSSR count). The van der Waals surface area contributed by atoms with Crippen molar-refractivity contribution in [1.29, 1.82) is 0 Å². The fraction of sp³-hybridized carbons (Fsp3) is 0.222. The van der Waals surface area contributed by atoms with Crippen LogP contribution in [0.4, 0.5) is 10.4 Å². The highest BCUT2D eigenvalue weighted by molar-refractivity contribution is 6.30. The Kier molecular flexibility index (Phi) is 4.38. The van der Waals surface area contributed by atoms with Gasteiger partial charge in [0, 0.05) is 17.1 Å². The van der Waals surface area contributed by atoms with Crippen molar-refractivity contribution < 1.29 is 13.7 Å². The second-order valence-electron chi connectivity index (χ2n) is 5.77.